The van der Waals surface area contributed by atoms with Crippen LogP contribution in [0.3, 0.4) is 0 Å². The minimum Gasteiger partial charge on any atom is -0.481 e. The Kier molecular flexibility index (Phi) is 26.5. The van der Waals surface area contributed by atoms with Crippen LogP contribution in [0.5, 0.6) is 0 Å². The number of aliphatic hydroxyl groups excluding tert-OH is 2. The highest BCUT2D eigenvalue weighted by Crippen LogP contribution is 2.33. The third-order valence-electron chi connectivity index (χ3n) is 10.9. The van der Waals surface area contributed by atoms with Crippen molar-refractivity contribution >= 4 is 69.1 Å². The molecule has 0 spiro atoms. The van der Waals surface area contributed by atoms with Gasteiger partial charge in [-0.25, -0.2) is 9.69 Å². The van der Waals surface area contributed by atoms with E-state index in [2.05, 4.69) is 31.7 Å². The number of hydrogen-bond acceptors (Lipinski definition) is 11. The second kappa shape index (κ2) is 32.4. The third-order valence-corrected chi connectivity index (χ3v) is 11.8. The van der Waals surface area contributed by atoms with Gasteiger partial charge in [0.1, 0.15) is 12.4 Å². The van der Waals surface area contributed by atoms with E-state index in [-0.39, 0.29) is 37.5 Å². The highest BCUT2D eigenvalue weighted by atomic mass is 35.5. The van der Waals surface area contributed by atoms with Crippen LogP contribution in [-0.2, 0) is 27.2 Å². The first-order chi connectivity index (χ1) is 34.9. The van der Waals surface area contributed by atoms with Gasteiger partial charge in [-0.2, -0.15) is 0 Å². The zero-order valence-electron chi connectivity index (χ0n) is 41.3. The SMILES string of the molecule is C1CCOC1.NCC(=O)c1ccccc1.On1nnc2ccccc21.[2H]C#C.[C-]#[N+]c1ccc(C[C@@H](C(=O)NCC(=O)c2ccccc2)[C@@H](C)O)c(C)c1Cl.[C-]#[N+]c1ccc(C[C@@H](C(=O)O)[C@@H](C)O)c(C)c1Cl. The minimum absolute atomic E-state index is 0.0133. The molecule has 1 amide bonds. The Bertz CT molecular complexity index is 2830. The Balaban J connectivity index is 0.000000338. The van der Waals surface area contributed by atoms with Gasteiger partial charge in [-0.05, 0) is 93.0 Å². The van der Waals surface area contributed by atoms with Crippen molar-refractivity contribution in [2.45, 2.75) is 65.6 Å². The molecule has 1 aromatic heterocycles. The number of carbonyl (C=O) groups excluding carboxylic acids is 3. The fourth-order valence-electron chi connectivity index (χ4n) is 6.59. The molecule has 18 heteroatoms. The molecule has 4 atom stereocenters. The number of fused-ring (bicyclic) bond motifs is 1. The molecule has 1 aliphatic heterocycles. The molecule has 2 heterocycles. The zero-order chi connectivity index (χ0) is 54.5. The van der Waals surface area contributed by atoms with E-state index < -0.39 is 35.9 Å². The molecule has 1 aliphatic rings. The topological polar surface area (TPSA) is 236 Å². The number of terminal acetylenes is 1. The smallest absolute Gasteiger partial charge is 0.309 e. The molecule has 0 unspecified atom stereocenters. The van der Waals surface area contributed by atoms with Crippen LogP contribution in [0.2, 0.25) is 10.0 Å². The van der Waals surface area contributed by atoms with Gasteiger partial charge in [-0.1, -0.05) is 125 Å². The molecule has 1 fully saturated rings. The molecule has 72 heavy (non-hydrogen) atoms. The van der Waals surface area contributed by atoms with Crippen molar-refractivity contribution in [1.82, 2.24) is 20.5 Å². The number of aliphatic hydroxyl groups is 2. The number of amides is 1. The maximum atomic E-state index is 12.5. The van der Waals surface area contributed by atoms with Crippen molar-refractivity contribution in [2.75, 3.05) is 26.3 Å². The molecule has 5 aromatic carbocycles. The second-order valence-electron chi connectivity index (χ2n) is 15.8. The van der Waals surface area contributed by atoms with Crippen molar-refractivity contribution in [3.63, 3.8) is 0 Å². The van der Waals surface area contributed by atoms with Crippen LogP contribution < -0.4 is 11.1 Å². The fraction of sp³-hybridized carbons (Fsp3) is 0.296. The number of carboxylic acids is 1. The molecule has 0 aliphatic carbocycles. The van der Waals surface area contributed by atoms with E-state index in [4.69, 9.17) is 58.5 Å². The summed E-state index contributed by atoms with van der Waals surface area (Å²) in [5.41, 5.74) is 11.3. The molecule has 6 aromatic rings. The number of Topliss-reactive ketones (excluding diaryl/α,β-unsaturated/α-hetero) is 2. The Morgan fingerprint density at radius 2 is 1.22 bits per heavy atom. The standard InChI is InChI=1S/C21H21ClN2O3.C13H14ClNO3.C8H9NO.C6H5N3O.C4H8O.C2H2/c1-13-16(9-10-18(23-3)20(13)22)11-17(14(2)25)21(27)24-12-19(26)15-7-5-4-6-8-15;1-7-9(4-5-11(15-3)12(7)14)6-10(8(2)16)13(17)18;9-6-8(10)7-4-2-1-3-5-7;10-9-6-4-2-1-3-5(6)7-8-9;1-2-4-5-3-1;1-2/h4-10,14,17,25H,11-12H2,1-2H3,(H,24,27);4-5,8,10,16H,6H2,1-2H3,(H,17,18);1-5H,6,9H2;1-4,10H;1-4H2;1-2H/t14-,17-;8-,10-;;;;/m11..../s1/i;;;;;1D. The Morgan fingerprint density at radius 3 is 1.62 bits per heavy atom. The van der Waals surface area contributed by atoms with Gasteiger partial charge in [0.15, 0.2) is 11.6 Å². The van der Waals surface area contributed by atoms with Crippen molar-refractivity contribution in [1.29, 1.82) is 0 Å². The number of nitrogens with zero attached hydrogens (tertiary/aromatic N) is 5. The quantitative estimate of drug-likeness (QED) is 0.0275. The summed E-state index contributed by atoms with van der Waals surface area (Å²) in [6.07, 6.45) is 6.92. The monoisotopic (exact) mass is 1020 g/mol. The predicted molar refractivity (Wildman–Crippen MR) is 279 cm³/mol. The molecule has 1 saturated heterocycles. The summed E-state index contributed by atoms with van der Waals surface area (Å²) in [4.78, 5) is 54.0. The maximum absolute atomic E-state index is 12.5. The number of hydrogen-bond donors (Lipinski definition) is 6. The fourth-order valence-corrected chi connectivity index (χ4v) is 7.04. The zero-order valence-corrected chi connectivity index (χ0v) is 41.8. The van der Waals surface area contributed by atoms with Crippen LogP contribution in [0.25, 0.3) is 20.7 Å². The Labute approximate surface area is 431 Å². The predicted octanol–water partition coefficient (Wildman–Crippen LogP) is 9.10. The summed E-state index contributed by atoms with van der Waals surface area (Å²) >= 11 is 12.2. The van der Waals surface area contributed by atoms with Gasteiger partial charge in [0.25, 0.3) is 0 Å². The lowest BCUT2D eigenvalue weighted by atomic mass is 9.91. The molecule has 7 rings (SSSR count). The number of rotatable bonds is 13. The average molecular weight is 1020 g/mol. The summed E-state index contributed by atoms with van der Waals surface area (Å²) < 4.78 is 10.7. The van der Waals surface area contributed by atoms with Crippen LogP contribution in [0.1, 0.15) is 71.0 Å². The first-order valence-corrected chi connectivity index (χ1v) is 23.1. The van der Waals surface area contributed by atoms with Gasteiger partial charge < -0.3 is 36.3 Å². The third kappa shape index (κ3) is 19.4. The number of ether oxygens (including phenoxy) is 1. The molecular formula is C54H59Cl2N7O9. The molecule has 0 saturated carbocycles. The van der Waals surface area contributed by atoms with Crippen molar-refractivity contribution < 1.29 is 45.8 Å². The molecule has 0 bridgehead atoms. The summed E-state index contributed by atoms with van der Waals surface area (Å²) in [7, 11) is 0. The second-order valence-corrected chi connectivity index (χ2v) is 16.6. The highest BCUT2D eigenvalue weighted by Gasteiger charge is 2.27. The summed E-state index contributed by atoms with van der Waals surface area (Å²) in [5.74, 6) is -3.27. The number of aliphatic carboxylic acids is 1. The van der Waals surface area contributed by atoms with E-state index in [1.165, 1.54) is 33.1 Å². The average Bonchev–Trinajstić information content (AvgIpc) is 4.11. The Morgan fingerprint density at radius 1 is 0.778 bits per heavy atom. The number of carboxylic acid groups (broad SMARTS) is 1. The number of benzene rings is 5. The maximum Gasteiger partial charge on any atom is 0.309 e. The lowest BCUT2D eigenvalue weighted by Crippen LogP contribution is -2.40. The number of nitrogens with two attached hydrogens (primary N) is 1. The first kappa shape index (κ1) is 58.9. The van der Waals surface area contributed by atoms with E-state index in [1.807, 2.05) is 36.4 Å². The Hall–Kier alpha value is -7.46. The van der Waals surface area contributed by atoms with Crippen LogP contribution >= 0.6 is 23.2 Å². The van der Waals surface area contributed by atoms with Gasteiger partial charge in [0, 0.05) is 24.3 Å². The van der Waals surface area contributed by atoms with E-state index in [0.717, 1.165) is 29.2 Å². The number of ketones is 2. The molecule has 0 radical (unpaired) electrons. The van der Waals surface area contributed by atoms with Crippen LogP contribution in [-0.4, -0.2) is 97.6 Å². The highest BCUT2D eigenvalue weighted by molar-refractivity contribution is 6.34. The molecule has 7 N–H and O–H groups in total. The number of aromatic nitrogens is 3. The van der Waals surface area contributed by atoms with Crippen LogP contribution in [0.4, 0.5) is 11.4 Å². The van der Waals surface area contributed by atoms with E-state index in [1.54, 1.807) is 86.6 Å². The largest absolute Gasteiger partial charge is 0.481 e. The van der Waals surface area contributed by atoms with Crippen molar-refractivity contribution in [3.05, 3.63) is 175 Å². The summed E-state index contributed by atoms with van der Waals surface area (Å²) in [5, 5.41) is 47.9. The lowest BCUT2D eigenvalue weighted by molar-refractivity contribution is -0.145. The summed E-state index contributed by atoms with van der Waals surface area (Å²) in [6.45, 7) is 22.5. The van der Waals surface area contributed by atoms with E-state index in [0.29, 0.717) is 54.7 Å². The van der Waals surface area contributed by atoms with Gasteiger partial charge in [-0.3, -0.25) is 19.2 Å². The molecule has 16 nitrogen and oxygen atoms in total. The van der Waals surface area contributed by atoms with Gasteiger partial charge in [0.05, 0.1) is 60.3 Å². The number of halogens is 2. The van der Waals surface area contributed by atoms with Gasteiger partial charge >= 0.3 is 5.97 Å². The number of para-hydroxylation sites is 1. The lowest BCUT2D eigenvalue weighted by Gasteiger charge is -2.21. The van der Waals surface area contributed by atoms with E-state index >= 15 is 0 Å². The van der Waals surface area contributed by atoms with Gasteiger partial charge in [0.2, 0.25) is 17.3 Å². The van der Waals surface area contributed by atoms with Crippen molar-refractivity contribution in [2.24, 2.45) is 17.6 Å². The van der Waals surface area contributed by atoms with E-state index in [9.17, 15) is 29.4 Å². The minimum atomic E-state index is -1.05. The van der Waals surface area contributed by atoms with Crippen LogP contribution in [0, 0.1) is 51.7 Å². The number of nitrogens with one attached hydrogen (secondary N) is 1. The first-order valence-electron chi connectivity index (χ1n) is 22.9. The molecular weight excluding hydrogens is 962 g/mol. The number of carbonyl (C=O) groups is 4. The normalized spacial score (nSPS) is 12.7. The van der Waals surface area contributed by atoms with Gasteiger partial charge in [-0.15, -0.1) is 17.9 Å². The van der Waals surface area contributed by atoms with Crippen LogP contribution in [0.15, 0.2) is 109 Å². The molecule has 378 valence electrons. The van der Waals surface area contributed by atoms with Crippen molar-refractivity contribution in [3.8, 4) is 12.8 Å². The summed E-state index contributed by atoms with van der Waals surface area (Å²) in [6, 6.07) is 31.5.